The van der Waals surface area contributed by atoms with E-state index in [1.807, 2.05) is 24.3 Å². The molecule has 2 aliphatic rings. The van der Waals surface area contributed by atoms with Crippen molar-refractivity contribution >= 4 is 18.0 Å². The number of hydrogen-bond donors (Lipinski definition) is 3. The molecule has 1 saturated carbocycles. The second kappa shape index (κ2) is 9.65. The van der Waals surface area contributed by atoms with Gasteiger partial charge in [-0.1, -0.05) is 68.3 Å². The molecule has 7 heteroatoms. The van der Waals surface area contributed by atoms with E-state index in [9.17, 15) is 14.4 Å². The first kappa shape index (κ1) is 22.8. The van der Waals surface area contributed by atoms with Crippen LogP contribution in [0.2, 0.25) is 0 Å². The number of carboxylic acids is 1. The summed E-state index contributed by atoms with van der Waals surface area (Å²) in [5.74, 6) is -1.41. The quantitative estimate of drug-likeness (QED) is 0.562. The van der Waals surface area contributed by atoms with Gasteiger partial charge in [0.25, 0.3) is 0 Å². The number of alkyl carbamates (subject to hydrolysis) is 1. The highest BCUT2D eigenvalue weighted by Gasteiger charge is 2.43. The average molecular weight is 451 g/mol. The number of hydrogen-bond acceptors (Lipinski definition) is 4. The first-order valence-corrected chi connectivity index (χ1v) is 11.5. The number of benzene rings is 2. The Balaban J connectivity index is 1.39. The number of carbonyl (C=O) groups excluding carboxylic acids is 2. The van der Waals surface area contributed by atoms with Crippen molar-refractivity contribution < 1.29 is 24.2 Å². The van der Waals surface area contributed by atoms with E-state index in [4.69, 9.17) is 9.84 Å². The number of carbonyl (C=O) groups is 3. The van der Waals surface area contributed by atoms with Gasteiger partial charge in [0.05, 0.1) is 0 Å². The summed E-state index contributed by atoms with van der Waals surface area (Å²) >= 11 is 0. The normalized spacial score (nSPS) is 17.0. The lowest BCUT2D eigenvalue weighted by Gasteiger charge is -2.29. The van der Waals surface area contributed by atoms with E-state index in [1.165, 1.54) is 0 Å². The highest BCUT2D eigenvalue weighted by Crippen LogP contribution is 2.44. The minimum atomic E-state index is -1.01. The van der Waals surface area contributed by atoms with Gasteiger partial charge < -0.3 is 20.5 Å². The van der Waals surface area contributed by atoms with E-state index >= 15 is 0 Å². The summed E-state index contributed by atoms with van der Waals surface area (Å²) in [6, 6.07) is 16.3. The lowest BCUT2D eigenvalue weighted by Crippen LogP contribution is -2.57. The summed E-state index contributed by atoms with van der Waals surface area (Å²) < 4.78 is 5.65. The first-order valence-electron chi connectivity index (χ1n) is 11.5. The van der Waals surface area contributed by atoms with E-state index in [0.29, 0.717) is 12.8 Å². The van der Waals surface area contributed by atoms with Crippen LogP contribution >= 0.6 is 0 Å². The third-order valence-electron chi connectivity index (χ3n) is 6.71. The van der Waals surface area contributed by atoms with E-state index in [0.717, 1.165) is 35.1 Å². The number of ether oxygens (including phenoxy) is 1. The molecular formula is C26H30N2O5. The molecule has 1 atom stereocenters. The molecule has 0 saturated heterocycles. The molecular weight excluding hydrogens is 420 g/mol. The molecule has 2 amide bonds. The molecule has 0 spiro atoms. The number of rotatable bonds is 8. The summed E-state index contributed by atoms with van der Waals surface area (Å²) in [5.41, 5.74) is 3.57. The topological polar surface area (TPSA) is 105 Å². The van der Waals surface area contributed by atoms with Crippen molar-refractivity contribution in [1.82, 2.24) is 10.6 Å². The van der Waals surface area contributed by atoms with Crippen molar-refractivity contribution in [3.8, 4) is 11.1 Å². The number of amides is 2. The molecule has 7 nitrogen and oxygen atoms in total. The van der Waals surface area contributed by atoms with Gasteiger partial charge in [0, 0.05) is 18.9 Å². The summed E-state index contributed by atoms with van der Waals surface area (Å²) in [6.07, 6.45) is 2.12. The standard InChI is InChI=1S/C26H30N2O5/c1-17(14-23(29)30)15-27-24(31)26(12-6-7-13-26)28-25(32)33-16-22-20-10-4-2-8-18(20)19-9-3-5-11-21(19)22/h2-5,8-11,17,22H,6-7,12-16H2,1H3,(H,27,31)(H,28,32)(H,29,30). The fourth-order valence-electron chi connectivity index (χ4n) is 5.02. The predicted octanol–water partition coefficient (Wildman–Crippen LogP) is 4.06. The molecule has 2 aromatic rings. The zero-order valence-corrected chi connectivity index (χ0v) is 18.8. The van der Waals surface area contributed by atoms with Crippen LogP contribution in [0.4, 0.5) is 4.79 Å². The van der Waals surface area contributed by atoms with Crippen molar-refractivity contribution in [3.05, 3.63) is 59.7 Å². The Kier molecular flexibility index (Phi) is 6.67. The molecule has 0 radical (unpaired) electrons. The third kappa shape index (κ3) is 4.87. The zero-order chi connectivity index (χ0) is 23.4. The number of nitrogens with one attached hydrogen (secondary N) is 2. The lowest BCUT2D eigenvalue weighted by molar-refractivity contribution is -0.138. The van der Waals surface area contributed by atoms with Crippen LogP contribution in [0.5, 0.6) is 0 Å². The molecule has 174 valence electrons. The van der Waals surface area contributed by atoms with Crippen LogP contribution in [0.15, 0.2) is 48.5 Å². The van der Waals surface area contributed by atoms with E-state index < -0.39 is 17.6 Å². The highest BCUT2D eigenvalue weighted by molar-refractivity contribution is 5.90. The zero-order valence-electron chi connectivity index (χ0n) is 18.8. The van der Waals surface area contributed by atoms with Gasteiger partial charge in [-0.15, -0.1) is 0 Å². The fourth-order valence-corrected chi connectivity index (χ4v) is 5.02. The van der Waals surface area contributed by atoms with Crippen LogP contribution in [-0.4, -0.2) is 41.8 Å². The molecule has 0 heterocycles. The maximum Gasteiger partial charge on any atom is 0.408 e. The van der Waals surface area contributed by atoms with E-state index in [1.54, 1.807) is 6.92 Å². The molecule has 0 aliphatic heterocycles. The Morgan fingerprint density at radius 2 is 1.61 bits per heavy atom. The van der Waals surface area contributed by atoms with Crippen molar-refractivity contribution in [3.63, 3.8) is 0 Å². The second-order valence-corrected chi connectivity index (χ2v) is 9.15. The van der Waals surface area contributed by atoms with E-state index in [-0.39, 0.29) is 37.3 Å². The summed E-state index contributed by atoms with van der Waals surface area (Å²) in [5, 5.41) is 14.6. The van der Waals surface area contributed by atoms with Crippen molar-refractivity contribution in [1.29, 1.82) is 0 Å². The van der Waals surface area contributed by atoms with Crippen molar-refractivity contribution in [2.24, 2.45) is 5.92 Å². The lowest BCUT2D eigenvalue weighted by atomic mass is 9.96. The second-order valence-electron chi connectivity index (χ2n) is 9.15. The largest absolute Gasteiger partial charge is 0.481 e. The van der Waals surface area contributed by atoms with Gasteiger partial charge in [-0.3, -0.25) is 9.59 Å². The number of carboxylic acid groups (broad SMARTS) is 1. The smallest absolute Gasteiger partial charge is 0.408 e. The summed E-state index contributed by atoms with van der Waals surface area (Å²) in [7, 11) is 0. The van der Waals surface area contributed by atoms with Crippen LogP contribution in [0.25, 0.3) is 11.1 Å². The monoisotopic (exact) mass is 450 g/mol. The minimum absolute atomic E-state index is 0.0207. The van der Waals surface area contributed by atoms with Crippen LogP contribution in [0.1, 0.15) is 56.1 Å². The van der Waals surface area contributed by atoms with Gasteiger partial charge in [0.1, 0.15) is 12.1 Å². The Labute approximate surface area is 193 Å². The van der Waals surface area contributed by atoms with Gasteiger partial charge >= 0.3 is 12.1 Å². The number of fused-ring (bicyclic) bond motifs is 3. The van der Waals surface area contributed by atoms with Crippen LogP contribution in [0.3, 0.4) is 0 Å². The van der Waals surface area contributed by atoms with Crippen LogP contribution in [-0.2, 0) is 14.3 Å². The Morgan fingerprint density at radius 1 is 1.03 bits per heavy atom. The van der Waals surface area contributed by atoms with E-state index in [2.05, 4.69) is 34.9 Å². The summed E-state index contributed by atoms with van der Waals surface area (Å²) in [4.78, 5) is 36.6. The molecule has 4 rings (SSSR count). The Morgan fingerprint density at radius 3 is 2.18 bits per heavy atom. The SMILES string of the molecule is CC(CNC(=O)C1(NC(=O)OCC2c3ccccc3-c3ccccc32)CCCC1)CC(=O)O. The van der Waals surface area contributed by atoms with Crippen LogP contribution < -0.4 is 10.6 Å². The molecule has 2 aliphatic carbocycles. The Bertz CT molecular complexity index is 999. The highest BCUT2D eigenvalue weighted by atomic mass is 16.5. The van der Waals surface area contributed by atoms with Gasteiger partial charge in [-0.2, -0.15) is 0 Å². The van der Waals surface area contributed by atoms with Crippen molar-refractivity contribution in [2.45, 2.75) is 50.5 Å². The number of aliphatic carboxylic acids is 1. The first-order chi connectivity index (χ1) is 15.9. The molecule has 0 aromatic heterocycles. The van der Waals surface area contributed by atoms with Gasteiger partial charge in [0.15, 0.2) is 0 Å². The van der Waals surface area contributed by atoms with Crippen LogP contribution in [0, 0.1) is 5.92 Å². The average Bonchev–Trinajstić information content (AvgIpc) is 3.39. The van der Waals surface area contributed by atoms with Crippen molar-refractivity contribution in [2.75, 3.05) is 13.2 Å². The van der Waals surface area contributed by atoms with Gasteiger partial charge in [-0.25, -0.2) is 4.79 Å². The molecule has 1 fully saturated rings. The predicted molar refractivity (Wildman–Crippen MR) is 124 cm³/mol. The Hall–Kier alpha value is -3.35. The molecule has 33 heavy (non-hydrogen) atoms. The maximum absolute atomic E-state index is 13.0. The molecule has 1 unspecified atom stereocenters. The molecule has 3 N–H and O–H groups in total. The summed E-state index contributed by atoms with van der Waals surface area (Å²) in [6.45, 7) is 2.21. The third-order valence-corrected chi connectivity index (χ3v) is 6.71. The minimum Gasteiger partial charge on any atom is -0.481 e. The maximum atomic E-state index is 13.0. The molecule has 2 aromatic carbocycles. The van der Waals surface area contributed by atoms with Gasteiger partial charge in [-0.05, 0) is 41.0 Å². The van der Waals surface area contributed by atoms with Gasteiger partial charge in [0.2, 0.25) is 5.91 Å². The fraction of sp³-hybridized carbons (Fsp3) is 0.423. The molecule has 0 bridgehead atoms.